The Labute approximate surface area is 95.4 Å². The minimum absolute atomic E-state index is 0.0159. The molecule has 4 nitrogen and oxygen atoms in total. The first-order valence-electron chi connectivity index (χ1n) is 4.77. The molecule has 1 aromatic rings. The summed E-state index contributed by atoms with van der Waals surface area (Å²) in [5.41, 5.74) is -0.218. The van der Waals surface area contributed by atoms with Gasteiger partial charge in [0.1, 0.15) is 0 Å². The quantitative estimate of drug-likeness (QED) is 0.711. The molecule has 0 saturated carbocycles. The third kappa shape index (κ3) is 3.95. The van der Waals surface area contributed by atoms with E-state index in [2.05, 4.69) is 10.6 Å². The van der Waals surface area contributed by atoms with E-state index in [0.29, 0.717) is 12.1 Å². The number of benzene rings is 1. The number of nitrogens with one attached hydrogen (secondary N) is 2. The Balaban J connectivity index is 2.66. The van der Waals surface area contributed by atoms with Crippen LogP contribution >= 0.6 is 0 Å². The maximum atomic E-state index is 12.8. The molecule has 0 aliphatic rings. The Hall–Kier alpha value is -1.76. The zero-order chi connectivity index (χ0) is 13.0. The van der Waals surface area contributed by atoms with Gasteiger partial charge < -0.3 is 15.7 Å². The highest BCUT2D eigenvalue weighted by atomic mass is 19.2. The van der Waals surface area contributed by atoms with Gasteiger partial charge in [-0.1, -0.05) is 0 Å². The van der Waals surface area contributed by atoms with E-state index in [0.717, 1.165) is 0 Å². The van der Waals surface area contributed by atoms with Crippen molar-refractivity contribution in [2.75, 3.05) is 11.9 Å². The van der Waals surface area contributed by atoms with Crippen molar-refractivity contribution in [3.63, 3.8) is 0 Å². The number of aliphatic hydroxyl groups is 1. The molecule has 94 valence electrons. The fraction of sp³-hybridized carbons (Fsp3) is 0.300. The third-order valence-electron chi connectivity index (χ3n) is 1.80. The summed E-state index contributed by atoms with van der Waals surface area (Å²) in [5.74, 6) is -4.38. The average molecular weight is 248 g/mol. The zero-order valence-corrected chi connectivity index (χ0v) is 8.93. The van der Waals surface area contributed by atoms with Crippen LogP contribution in [0.5, 0.6) is 0 Å². The molecule has 0 radical (unpaired) electrons. The Morgan fingerprint density at radius 1 is 1.35 bits per heavy atom. The molecule has 2 amide bonds. The highest BCUT2D eigenvalue weighted by Gasteiger charge is 2.12. The first kappa shape index (κ1) is 13.3. The lowest BCUT2D eigenvalue weighted by molar-refractivity contribution is 0.190. The minimum Gasteiger partial charge on any atom is -0.392 e. The first-order valence-corrected chi connectivity index (χ1v) is 4.77. The second kappa shape index (κ2) is 5.53. The number of rotatable bonds is 3. The molecule has 17 heavy (non-hydrogen) atoms. The van der Waals surface area contributed by atoms with Gasteiger partial charge in [-0.05, 0) is 6.92 Å². The van der Waals surface area contributed by atoms with E-state index in [9.17, 15) is 18.0 Å². The zero-order valence-electron chi connectivity index (χ0n) is 8.93. The van der Waals surface area contributed by atoms with E-state index in [1.165, 1.54) is 6.92 Å². The molecule has 0 fully saturated rings. The van der Waals surface area contributed by atoms with Crippen LogP contribution in [0.3, 0.4) is 0 Å². The Morgan fingerprint density at radius 3 is 2.35 bits per heavy atom. The van der Waals surface area contributed by atoms with Crippen molar-refractivity contribution in [1.82, 2.24) is 5.32 Å². The molecule has 1 aromatic carbocycles. The van der Waals surface area contributed by atoms with Crippen LogP contribution in [0, 0.1) is 17.5 Å². The topological polar surface area (TPSA) is 61.4 Å². The molecule has 0 heterocycles. The predicted molar refractivity (Wildman–Crippen MR) is 55.0 cm³/mol. The Morgan fingerprint density at radius 2 is 1.88 bits per heavy atom. The summed E-state index contributed by atoms with van der Waals surface area (Å²) in [6.07, 6.45) is -0.748. The van der Waals surface area contributed by atoms with Gasteiger partial charge in [-0.15, -0.1) is 0 Å². The van der Waals surface area contributed by atoms with Crippen molar-refractivity contribution in [2.24, 2.45) is 0 Å². The molecule has 7 heteroatoms. The van der Waals surface area contributed by atoms with Gasteiger partial charge in [0, 0.05) is 24.4 Å². The van der Waals surface area contributed by atoms with Crippen LogP contribution in [0.4, 0.5) is 23.7 Å². The standard InChI is InChI=1S/C10H11F3N2O2/c1-5(16)4-14-10(17)15-6-2-7(11)9(13)8(12)3-6/h2-3,5,16H,4H2,1H3,(H2,14,15,17)/t5-/m0/s1. The van der Waals surface area contributed by atoms with Crippen molar-refractivity contribution >= 4 is 11.7 Å². The number of carbonyl (C=O) groups is 1. The number of hydrogen-bond donors (Lipinski definition) is 3. The van der Waals surface area contributed by atoms with Gasteiger partial charge in [-0.25, -0.2) is 18.0 Å². The molecular weight excluding hydrogens is 237 g/mol. The molecule has 0 aromatic heterocycles. The van der Waals surface area contributed by atoms with Gasteiger partial charge in [0.05, 0.1) is 6.10 Å². The second-order valence-electron chi connectivity index (χ2n) is 3.44. The largest absolute Gasteiger partial charge is 0.392 e. The molecule has 3 N–H and O–H groups in total. The molecule has 0 bridgehead atoms. The second-order valence-corrected chi connectivity index (χ2v) is 3.44. The Kier molecular flexibility index (Phi) is 4.33. The van der Waals surface area contributed by atoms with Crippen LogP contribution in [0.1, 0.15) is 6.92 Å². The lowest BCUT2D eigenvalue weighted by atomic mass is 10.3. The summed E-state index contributed by atoms with van der Waals surface area (Å²) in [4.78, 5) is 11.2. The summed E-state index contributed by atoms with van der Waals surface area (Å²) in [5, 5.41) is 13.2. The van der Waals surface area contributed by atoms with E-state index in [1.54, 1.807) is 0 Å². The summed E-state index contributed by atoms with van der Waals surface area (Å²) in [6, 6.07) is 0.553. The van der Waals surface area contributed by atoms with Gasteiger partial charge in [-0.2, -0.15) is 0 Å². The highest BCUT2D eigenvalue weighted by Crippen LogP contribution is 2.17. The fourth-order valence-corrected chi connectivity index (χ4v) is 1.04. The third-order valence-corrected chi connectivity index (χ3v) is 1.80. The summed E-state index contributed by atoms with van der Waals surface area (Å²) in [6.45, 7) is 1.44. The van der Waals surface area contributed by atoms with Crippen LogP contribution < -0.4 is 10.6 Å². The maximum Gasteiger partial charge on any atom is 0.319 e. The van der Waals surface area contributed by atoms with Gasteiger partial charge in [-0.3, -0.25) is 0 Å². The minimum atomic E-state index is -1.60. The first-order chi connectivity index (χ1) is 7.90. The SMILES string of the molecule is C[C@H](O)CNC(=O)Nc1cc(F)c(F)c(F)c1. The highest BCUT2D eigenvalue weighted by molar-refractivity contribution is 5.89. The number of amides is 2. The molecule has 0 unspecified atom stereocenters. The van der Waals surface area contributed by atoms with E-state index in [4.69, 9.17) is 5.11 Å². The number of aliphatic hydroxyl groups excluding tert-OH is 1. The van der Waals surface area contributed by atoms with Crippen LogP contribution in [-0.4, -0.2) is 23.8 Å². The lowest BCUT2D eigenvalue weighted by Crippen LogP contribution is -2.34. The predicted octanol–water partition coefficient (Wildman–Crippen LogP) is 1.61. The van der Waals surface area contributed by atoms with Crippen molar-refractivity contribution in [1.29, 1.82) is 0 Å². The molecule has 1 rings (SSSR count). The number of urea groups is 1. The normalized spacial score (nSPS) is 12.1. The summed E-state index contributed by atoms with van der Waals surface area (Å²) in [7, 11) is 0. The lowest BCUT2D eigenvalue weighted by Gasteiger charge is -2.09. The van der Waals surface area contributed by atoms with Gasteiger partial charge in [0.25, 0.3) is 0 Å². The summed E-state index contributed by atoms with van der Waals surface area (Å²) < 4.78 is 38.1. The van der Waals surface area contributed by atoms with Crippen LogP contribution in [0.25, 0.3) is 0 Å². The summed E-state index contributed by atoms with van der Waals surface area (Å²) >= 11 is 0. The average Bonchev–Trinajstić information content (AvgIpc) is 2.23. The van der Waals surface area contributed by atoms with E-state index >= 15 is 0 Å². The monoisotopic (exact) mass is 248 g/mol. The van der Waals surface area contributed by atoms with E-state index < -0.39 is 29.6 Å². The van der Waals surface area contributed by atoms with E-state index in [1.807, 2.05) is 0 Å². The number of hydrogen-bond acceptors (Lipinski definition) is 2. The van der Waals surface area contributed by atoms with Crippen molar-refractivity contribution in [3.8, 4) is 0 Å². The number of halogens is 3. The Bertz CT molecular complexity index is 401. The molecular formula is C10H11F3N2O2. The van der Waals surface area contributed by atoms with Gasteiger partial charge in [0.15, 0.2) is 17.5 Å². The molecule has 0 saturated heterocycles. The van der Waals surface area contributed by atoms with Crippen LogP contribution in [0.2, 0.25) is 0 Å². The van der Waals surface area contributed by atoms with Crippen molar-refractivity contribution < 1.29 is 23.1 Å². The molecule has 0 aliphatic heterocycles. The molecule has 0 spiro atoms. The van der Waals surface area contributed by atoms with Gasteiger partial charge in [0.2, 0.25) is 0 Å². The van der Waals surface area contributed by atoms with Crippen molar-refractivity contribution in [3.05, 3.63) is 29.6 Å². The van der Waals surface area contributed by atoms with Crippen LogP contribution in [-0.2, 0) is 0 Å². The van der Waals surface area contributed by atoms with Gasteiger partial charge >= 0.3 is 6.03 Å². The smallest absolute Gasteiger partial charge is 0.319 e. The van der Waals surface area contributed by atoms with E-state index in [-0.39, 0.29) is 12.2 Å². The number of anilines is 1. The number of carbonyl (C=O) groups excluding carboxylic acids is 1. The molecule has 0 aliphatic carbocycles. The maximum absolute atomic E-state index is 12.8. The van der Waals surface area contributed by atoms with Crippen LogP contribution in [0.15, 0.2) is 12.1 Å². The van der Waals surface area contributed by atoms with Crippen molar-refractivity contribution in [2.45, 2.75) is 13.0 Å². The molecule has 1 atom stereocenters. The fourth-order valence-electron chi connectivity index (χ4n) is 1.04.